The van der Waals surface area contributed by atoms with E-state index in [4.69, 9.17) is 10.5 Å². The van der Waals surface area contributed by atoms with Gasteiger partial charge in [0.15, 0.2) is 0 Å². The van der Waals surface area contributed by atoms with E-state index >= 15 is 0 Å². The highest BCUT2D eigenvalue weighted by Gasteiger charge is 2.48. The molecule has 4 saturated carbocycles. The lowest BCUT2D eigenvalue weighted by molar-refractivity contribution is 0.00753. The third kappa shape index (κ3) is 1.95. The van der Waals surface area contributed by atoms with Gasteiger partial charge in [0.1, 0.15) is 5.75 Å². The number of nitrogen functional groups attached to an aromatic ring is 1. The zero-order valence-corrected chi connectivity index (χ0v) is 12.1. The van der Waals surface area contributed by atoms with E-state index in [1.807, 2.05) is 12.1 Å². The minimum absolute atomic E-state index is 0.663. The Morgan fingerprint density at radius 3 is 2.30 bits per heavy atom. The van der Waals surface area contributed by atoms with Gasteiger partial charge in [0.25, 0.3) is 0 Å². The molecule has 20 heavy (non-hydrogen) atoms. The molecule has 0 atom stereocenters. The standard InChI is InChI=1S/C17H24N2O/c1-20-16-9-14(2-3-15(16)18)19-17-12-5-10-4-11(7-12)8-13(17)6-10/h2-3,9-13,17,19H,4-8,18H2,1H3. The summed E-state index contributed by atoms with van der Waals surface area (Å²) in [5, 5.41) is 3.79. The van der Waals surface area contributed by atoms with E-state index in [1.165, 1.54) is 32.1 Å². The molecule has 0 spiro atoms. The first-order valence-electron chi connectivity index (χ1n) is 7.93. The van der Waals surface area contributed by atoms with Crippen molar-refractivity contribution < 1.29 is 4.74 Å². The zero-order chi connectivity index (χ0) is 13.7. The molecule has 0 aromatic heterocycles. The van der Waals surface area contributed by atoms with Crippen LogP contribution < -0.4 is 15.8 Å². The van der Waals surface area contributed by atoms with Gasteiger partial charge in [-0.15, -0.1) is 0 Å². The van der Waals surface area contributed by atoms with Gasteiger partial charge in [-0.3, -0.25) is 0 Å². The van der Waals surface area contributed by atoms with Crippen LogP contribution in [0.15, 0.2) is 18.2 Å². The molecule has 3 heteroatoms. The Morgan fingerprint density at radius 1 is 1.05 bits per heavy atom. The number of benzene rings is 1. The lowest BCUT2D eigenvalue weighted by Crippen LogP contribution is -2.51. The van der Waals surface area contributed by atoms with Crippen LogP contribution in [0.1, 0.15) is 32.1 Å². The van der Waals surface area contributed by atoms with Crippen LogP contribution in [0.3, 0.4) is 0 Å². The molecule has 0 unspecified atom stereocenters. The smallest absolute Gasteiger partial charge is 0.143 e. The number of hydrogen-bond donors (Lipinski definition) is 2. The molecule has 3 nitrogen and oxygen atoms in total. The predicted octanol–water partition coefficient (Wildman–Crippen LogP) is 3.51. The Morgan fingerprint density at radius 2 is 1.70 bits per heavy atom. The summed E-state index contributed by atoms with van der Waals surface area (Å²) in [5.41, 5.74) is 7.77. The van der Waals surface area contributed by atoms with Gasteiger partial charge >= 0.3 is 0 Å². The number of nitrogens with one attached hydrogen (secondary N) is 1. The van der Waals surface area contributed by atoms with Crippen molar-refractivity contribution >= 4 is 11.4 Å². The molecular formula is C17H24N2O. The normalized spacial score (nSPS) is 38.0. The second-order valence-corrected chi connectivity index (χ2v) is 7.06. The summed E-state index contributed by atoms with van der Waals surface area (Å²) in [6.07, 6.45) is 7.27. The molecule has 4 bridgehead atoms. The van der Waals surface area contributed by atoms with Gasteiger partial charge in [-0.05, 0) is 67.9 Å². The van der Waals surface area contributed by atoms with Crippen LogP contribution in [0.4, 0.5) is 11.4 Å². The lowest BCUT2D eigenvalue weighted by Gasteiger charge is -2.54. The summed E-state index contributed by atoms with van der Waals surface area (Å²) >= 11 is 0. The lowest BCUT2D eigenvalue weighted by atomic mass is 9.54. The Hall–Kier alpha value is -1.38. The zero-order valence-electron chi connectivity index (χ0n) is 12.1. The van der Waals surface area contributed by atoms with Gasteiger partial charge in [-0.25, -0.2) is 0 Å². The predicted molar refractivity (Wildman–Crippen MR) is 81.9 cm³/mol. The summed E-state index contributed by atoms with van der Waals surface area (Å²) < 4.78 is 5.33. The molecule has 4 aliphatic rings. The second-order valence-electron chi connectivity index (χ2n) is 7.06. The Kier molecular flexibility index (Phi) is 2.83. The Balaban J connectivity index is 1.54. The summed E-state index contributed by atoms with van der Waals surface area (Å²) in [6.45, 7) is 0. The maximum Gasteiger partial charge on any atom is 0.143 e. The van der Waals surface area contributed by atoms with Crippen molar-refractivity contribution in [1.82, 2.24) is 0 Å². The van der Waals surface area contributed by atoms with Gasteiger partial charge in [0, 0.05) is 17.8 Å². The van der Waals surface area contributed by atoms with Gasteiger partial charge < -0.3 is 15.8 Å². The van der Waals surface area contributed by atoms with Crippen molar-refractivity contribution in [3.05, 3.63) is 18.2 Å². The number of ether oxygens (including phenoxy) is 1. The first-order chi connectivity index (χ1) is 9.72. The third-order valence-electron chi connectivity index (χ3n) is 5.79. The first kappa shape index (κ1) is 12.4. The Bertz CT molecular complexity index is 486. The molecular weight excluding hydrogens is 248 g/mol. The number of nitrogens with two attached hydrogens (primary N) is 1. The largest absolute Gasteiger partial charge is 0.495 e. The molecule has 4 fully saturated rings. The van der Waals surface area contributed by atoms with E-state index < -0.39 is 0 Å². The second kappa shape index (κ2) is 4.57. The molecule has 0 aliphatic heterocycles. The highest BCUT2D eigenvalue weighted by atomic mass is 16.5. The topological polar surface area (TPSA) is 47.3 Å². The first-order valence-corrected chi connectivity index (χ1v) is 7.93. The highest BCUT2D eigenvalue weighted by molar-refractivity contribution is 5.61. The molecule has 4 aliphatic carbocycles. The van der Waals surface area contributed by atoms with Crippen molar-refractivity contribution in [2.45, 2.75) is 38.1 Å². The van der Waals surface area contributed by atoms with Crippen molar-refractivity contribution in [3.8, 4) is 5.75 Å². The average Bonchev–Trinajstić information content (AvgIpc) is 2.44. The monoisotopic (exact) mass is 272 g/mol. The Labute approximate surface area is 120 Å². The van der Waals surface area contributed by atoms with Gasteiger partial charge in [0.05, 0.1) is 12.8 Å². The van der Waals surface area contributed by atoms with E-state index in [0.717, 1.165) is 35.1 Å². The molecule has 0 amide bonds. The fourth-order valence-electron chi connectivity index (χ4n) is 5.15. The molecule has 0 radical (unpaired) electrons. The minimum Gasteiger partial charge on any atom is -0.495 e. The maximum atomic E-state index is 5.90. The molecule has 1 aromatic carbocycles. The third-order valence-corrected chi connectivity index (χ3v) is 5.79. The van der Waals surface area contributed by atoms with Crippen LogP contribution in [0.5, 0.6) is 5.75 Å². The van der Waals surface area contributed by atoms with E-state index in [9.17, 15) is 0 Å². The van der Waals surface area contributed by atoms with Crippen LogP contribution in [0.2, 0.25) is 0 Å². The summed E-state index contributed by atoms with van der Waals surface area (Å²) in [5.74, 6) is 4.59. The molecule has 0 heterocycles. The average molecular weight is 272 g/mol. The number of methoxy groups -OCH3 is 1. The van der Waals surface area contributed by atoms with E-state index in [2.05, 4.69) is 11.4 Å². The summed E-state index contributed by atoms with van der Waals surface area (Å²) in [6, 6.07) is 6.73. The molecule has 1 aromatic rings. The summed E-state index contributed by atoms with van der Waals surface area (Å²) in [4.78, 5) is 0. The van der Waals surface area contributed by atoms with Crippen LogP contribution in [-0.2, 0) is 0 Å². The number of rotatable bonds is 3. The van der Waals surface area contributed by atoms with Gasteiger partial charge in [0.2, 0.25) is 0 Å². The van der Waals surface area contributed by atoms with Crippen molar-refractivity contribution in [3.63, 3.8) is 0 Å². The fraction of sp³-hybridized carbons (Fsp3) is 0.647. The maximum absolute atomic E-state index is 5.90. The van der Waals surface area contributed by atoms with E-state index in [1.54, 1.807) is 7.11 Å². The summed E-state index contributed by atoms with van der Waals surface area (Å²) in [7, 11) is 1.68. The molecule has 3 N–H and O–H groups in total. The minimum atomic E-state index is 0.663. The van der Waals surface area contributed by atoms with Crippen molar-refractivity contribution in [1.29, 1.82) is 0 Å². The fourth-order valence-corrected chi connectivity index (χ4v) is 5.15. The highest BCUT2D eigenvalue weighted by Crippen LogP contribution is 2.54. The number of anilines is 2. The quantitative estimate of drug-likeness (QED) is 0.828. The van der Waals surface area contributed by atoms with Gasteiger partial charge in [-0.1, -0.05) is 0 Å². The number of hydrogen-bond acceptors (Lipinski definition) is 3. The van der Waals surface area contributed by atoms with Crippen molar-refractivity contribution in [2.24, 2.45) is 23.7 Å². The molecule has 5 rings (SSSR count). The van der Waals surface area contributed by atoms with Gasteiger partial charge in [-0.2, -0.15) is 0 Å². The molecule has 0 saturated heterocycles. The van der Waals surface area contributed by atoms with Crippen LogP contribution >= 0.6 is 0 Å². The SMILES string of the molecule is COc1cc(NC2C3CC4CC(C3)CC2C4)ccc1N. The van der Waals surface area contributed by atoms with Crippen LogP contribution in [-0.4, -0.2) is 13.2 Å². The molecule has 108 valence electrons. The van der Waals surface area contributed by atoms with Crippen LogP contribution in [0, 0.1) is 23.7 Å². The van der Waals surface area contributed by atoms with Crippen molar-refractivity contribution in [2.75, 3.05) is 18.2 Å². The van der Waals surface area contributed by atoms with E-state index in [0.29, 0.717) is 11.7 Å². The van der Waals surface area contributed by atoms with E-state index in [-0.39, 0.29) is 0 Å². The van der Waals surface area contributed by atoms with Crippen LogP contribution in [0.25, 0.3) is 0 Å².